The van der Waals surface area contributed by atoms with Gasteiger partial charge in [-0.1, -0.05) is 30.0 Å². The first-order valence-corrected chi connectivity index (χ1v) is 12.5. The lowest BCUT2D eigenvalue weighted by Gasteiger charge is -2.14. The molecule has 1 amide bonds. The van der Waals surface area contributed by atoms with Gasteiger partial charge in [0.2, 0.25) is 0 Å². The Morgan fingerprint density at radius 3 is 2.53 bits per heavy atom. The summed E-state index contributed by atoms with van der Waals surface area (Å²) in [5.74, 6) is 0.549. The summed E-state index contributed by atoms with van der Waals surface area (Å²) < 4.78 is 8.30. The van der Waals surface area contributed by atoms with Crippen LogP contribution in [0.1, 0.15) is 19.4 Å². The normalized spacial score (nSPS) is 18.5. The van der Waals surface area contributed by atoms with Crippen LogP contribution in [-0.2, 0) is 11.3 Å². The fourth-order valence-corrected chi connectivity index (χ4v) is 6.77. The van der Waals surface area contributed by atoms with Gasteiger partial charge in [-0.05, 0) is 44.5 Å². The first-order valence-electron chi connectivity index (χ1n) is 10.9. The van der Waals surface area contributed by atoms with E-state index in [9.17, 15) is 9.59 Å². The first kappa shape index (κ1) is 22.5. The van der Waals surface area contributed by atoms with E-state index in [2.05, 4.69) is 5.10 Å². The number of carbonyl (C=O) groups excluding carboxylic acids is 1. The SMILES string of the molecule is CCn1c(=O)/c(=C2/Sc3ccc(OC)cc3N2C)s/c1=C1\C(=O)N(c2ccccc2C)N=C1C. The number of anilines is 2. The van der Waals surface area contributed by atoms with E-state index in [4.69, 9.17) is 4.74 Å². The van der Waals surface area contributed by atoms with Crippen LogP contribution in [0.4, 0.5) is 11.4 Å². The monoisotopic (exact) mass is 492 g/mol. The molecule has 1 aromatic heterocycles. The number of para-hydroxylation sites is 1. The molecule has 0 saturated carbocycles. The van der Waals surface area contributed by atoms with Crippen LogP contribution >= 0.6 is 23.1 Å². The Kier molecular flexibility index (Phi) is 5.61. The van der Waals surface area contributed by atoms with Crippen molar-refractivity contribution in [3.63, 3.8) is 0 Å². The molecule has 0 saturated heterocycles. The molecule has 9 heteroatoms. The Morgan fingerprint density at radius 1 is 1.06 bits per heavy atom. The highest BCUT2D eigenvalue weighted by Gasteiger charge is 2.32. The number of hydrazone groups is 1. The lowest BCUT2D eigenvalue weighted by atomic mass is 10.1. The highest BCUT2D eigenvalue weighted by Crippen LogP contribution is 2.46. The number of thioether (sulfide) groups is 1. The molecule has 0 unspecified atom stereocenters. The second-order valence-electron chi connectivity index (χ2n) is 8.05. The lowest BCUT2D eigenvalue weighted by Crippen LogP contribution is -2.35. The molecule has 0 bridgehead atoms. The number of nitrogens with zero attached hydrogens (tertiary/aromatic N) is 4. The van der Waals surface area contributed by atoms with Crippen molar-refractivity contribution in [2.45, 2.75) is 32.2 Å². The van der Waals surface area contributed by atoms with Crippen LogP contribution in [-0.4, -0.2) is 30.3 Å². The van der Waals surface area contributed by atoms with Gasteiger partial charge in [0.15, 0.2) is 0 Å². The minimum Gasteiger partial charge on any atom is -0.497 e. The summed E-state index contributed by atoms with van der Waals surface area (Å²) in [6, 6.07) is 13.5. The second-order valence-corrected chi connectivity index (χ2v) is 10.1. The zero-order chi connectivity index (χ0) is 24.1. The van der Waals surface area contributed by atoms with Crippen LogP contribution in [0.25, 0.3) is 10.6 Å². The van der Waals surface area contributed by atoms with Crippen molar-refractivity contribution >= 4 is 56.7 Å². The molecule has 3 aromatic rings. The van der Waals surface area contributed by atoms with E-state index in [0.29, 0.717) is 27.0 Å². The minimum absolute atomic E-state index is 0.0981. The molecular weight excluding hydrogens is 468 g/mol. The van der Waals surface area contributed by atoms with E-state index in [1.807, 2.05) is 75.2 Å². The number of methoxy groups -OCH3 is 1. The van der Waals surface area contributed by atoms with Crippen molar-refractivity contribution in [3.05, 3.63) is 67.6 Å². The maximum absolute atomic E-state index is 13.5. The van der Waals surface area contributed by atoms with Gasteiger partial charge >= 0.3 is 0 Å². The standard InChI is InChI=1S/C25H24N4O3S2/c1-6-28-23(31)21(25-27(4)18-13-16(32-5)11-12-19(18)33-25)34-24(28)20-15(3)26-29(22(20)30)17-10-8-7-9-14(17)2/h7-13H,6H2,1-5H3/b24-20-,25-21-. The highest BCUT2D eigenvalue weighted by atomic mass is 32.2. The summed E-state index contributed by atoms with van der Waals surface area (Å²) >= 11 is 2.91. The molecule has 2 aliphatic rings. The lowest BCUT2D eigenvalue weighted by molar-refractivity contribution is -0.112. The zero-order valence-corrected chi connectivity index (χ0v) is 21.2. The number of rotatable bonds is 3. The Balaban J connectivity index is 1.70. The number of ether oxygens (including phenoxy) is 1. The molecule has 5 rings (SSSR count). The predicted molar refractivity (Wildman–Crippen MR) is 139 cm³/mol. The molecule has 0 fully saturated rings. The van der Waals surface area contributed by atoms with Gasteiger partial charge in [0.1, 0.15) is 20.0 Å². The molecule has 2 aliphatic heterocycles. The fraction of sp³-hybridized carbons (Fsp3) is 0.240. The van der Waals surface area contributed by atoms with Gasteiger partial charge in [0, 0.05) is 24.6 Å². The molecule has 0 aliphatic carbocycles. The summed E-state index contributed by atoms with van der Waals surface area (Å²) in [5.41, 5.74) is 3.68. The van der Waals surface area contributed by atoms with Crippen LogP contribution < -0.4 is 29.4 Å². The van der Waals surface area contributed by atoms with Crippen molar-refractivity contribution in [1.82, 2.24) is 4.57 Å². The summed E-state index contributed by atoms with van der Waals surface area (Å²) in [4.78, 5) is 30.1. The van der Waals surface area contributed by atoms with Gasteiger partial charge in [0.05, 0.1) is 29.8 Å². The average molecular weight is 493 g/mol. The molecule has 174 valence electrons. The van der Waals surface area contributed by atoms with E-state index < -0.39 is 0 Å². The number of aryl methyl sites for hydroxylation is 1. The smallest absolute Gasteiger partial charge is 0.283 e. The summed E-state index contributed by atoms with van der Waals surface area (Å²) in [6.07, 6.45) is 0. The summed E-state index contributed by atoms with van der Waals surface area (Å²) in [7, 11) is 3.59. The topological polar surface area (TPSA) is 67.1 Å². The highest BCUT2D eigenvalue weighted by molar-refractivity contribution is 8.08. The van der Waals surface area contributed by atoms with E-state index >= 15 is 0 Å². The Bertz CT molecular complexity index is 1550. The van der Waals surface area contributed by atoms with Gasteiger partial charge in [-0.2, -0.15) is 10.1 Å². The average Bonchev–Trinajstić information content (AvgIpc) is 3.43. The van der Waals surface area contributed by atoms with E-state index in [1.54, 1.807) is 23.4 Å². The quantitative estimate of drug-likeness (QED) is 0.562. The second kappa shape index (κ2) is 8.48. The van der Waals surface area contributed by atoms with Gasteiger partial charge in [-0.15, -0.1) is 11.3 Å². The Hall–Kier alpha value is -3.30. The zero-order valence-electron chi connectivity index (χ0n) is 19.6. The van der Waals surface area contributed by atoms with E-state index in [-0.39, 0.29) is 11.5 Å². The number of thiazole rings is 1. The maximum Gasteiger partial charge on any atom is 0.283 e. The molecule has 2 aromatic carbocycles. The number of amides is 1. The maximum atomic E-state index is 13.5. The Morgan fingerprint density at radius 2 is 1.82 bits per heavy atom. The number of benzene rings is 2. The number of carbonyl (C=O) groups is 1. The van der Waals surface area contributed by atoms with E-state index in [0.717, 1.165) is 32.6 Å². The van der Waals surface area contributed by atoms with Gasteiger partial charge in [-0.3, -0.25) is 14.2 Å². The number of fused-ring (bicyclic) bond motifs is 1. The van der Waals surface area contributed by atoms with Crippen molar-refractivity contribution in [1.29, 1.82) is 0 Å². The predicted octanol–water partition coefficient (Wildman–Crippen LogP) is 3.13. The number of hydrogen-bond acceptors (Lipinski definition) is 7. The van der Waals surface area contributed by atoms with Crippen LogP contribution in [0.2, 0.25) is 0 Å². The van der Waals surface area contributed by atoms with E-state index in [1.165, 1.54) is 16.3 Å². The van der Waals surface area contributed by atoms with Gasteiger partial charge in [0.25, 0.3) is 11.5 Å². The van der Waals surface area contributed by atoms with Gasteiger partial charge in [-0.25, -0.2) is 0 Å². The van der Waals surface area contributed by atoms with Crippen molar-refractivity contribution in [3.8, 4) is 5.75 Å². The summed E-state index contributed by atoms with van der Waals surface area (Å²) in [6.45, 7) is 6.15. The van der Waals surface area contributed by atoms with Crippen molar-refractivity contribution < 1.29 is 9.53 Å². The van der Waals surface area contributed by atoms with Crippen LogP contribution in [0.3, 0.4) is 0 Å². The molecular formula is C25H24N4O3S2. The largest absolute Gasteiger partial charge is 0.497 e. The molecule has 0 radical (unpaired) electrons. The van der Waals surface area contributed by atoms with Crippen molar-refractivity contribution in [2.24, 2.45) is 5.10 Å². The first-order chi connectivity index (χ1) is 16.3. The third-order valence-corrected chi connectivity index (χ3v) is 8.56. The third kappa shape index (κ3) is 3.38. The molecule has 0 N–H and O–H groups in total. The molecule has 7 nitrogen and oxygen atoms in total. The fourth-order valence-electron chi connectivity index (χ4n) is 4.19. The van der Waals surface area contributed by atoms with Crippen LogP contribution in [0.5, 0.6) is 5.75 Å². The van der Waals surface area contributed by atoms with Crippen LogP contribution in [0.15, 0.2) is 57.3 Å². The molecule has 3 heterocycles. The number of aromatic nitrogens is 1. The van der Waals surface area contributed by atoms with Crippen molar-refractivity contribution in [2.75, 3.05) is 24.1 Å². The minimum atomic E-state index is -0.216. The summed E-state index contributed by atoms with van der Waals surface area (Å²) in [5, 5.41) is 6.85. The van der Waals surface area contributed by atoms with Gasteiger partial charge < -0.3 is 9.64 Å². The molecule has 34 heavy (non-hydrogen) atoms. The number of hydrogen-bond donors (Lipinski definition) is 0. The third-order valence-electron chi connectivity index (χ3n) is 6.01. The van der Waals surface area contributed by atoms with Crippen LogP contribution in [0, 0.1) is 6.92 Å². The molecule has 0 atom stereocenters. The Labute approximate surface area is 205 Å². The molecule has 0 spiro atoms.